The Morgan fingerprint density at radius 2 is 1.13 bits per heavy atom. The second-order valence-corrected chi connectivity index (χ2v) is 22.3. The second kappa shape index (κ2) is 16.0. The highest BCUT2D eigenvalue weighted by atomic mass is 32.2. The number of nitrogens with zero attached hydrogens (tertiary/aromatic N) is 2. The summed E-state index contributed by atoms with van der Waals surface area (Å²) in [6, 6.07) is 61.7. The Kier molecular flexibility index (Phi) is 9.52. The molecular weight excluding hydrogens is 901 g/mol. The van der Waals surface area contributed by atoms with Crippen molar-refractivity contribution in [2.45, 2.75) is 63.3 Å². The molecular formula is C66H50N2OS2. The molecule has 1 aliphatic heterocycles. The molecule has 0 fully saturated rings. The minimum Gasteiger partial charge on any atom is -0.456 e. The maximum Gasteiger partial charge on any atom is 0.135 e. The summed E-state index contributed by atoms with van der Waals surface area (Å²) >= 11 is 3.73. The molecule has 1 aliphatic carbocycles. The number of aryl methyl sites for hydroxylation is 6. The summed E-state index contributed by atoms with van der Waals surface area (Å²) < 4.78 is 11.4. The molecule has 0 bridgehead atoms. The first-order valence-electron chi connectivity index (χ1n) is 24.7. The zero-order chi connectivity index (χ0) is 47.8. The molecule has 0 saturated carbocycles. The topological polar surface area (TPSA) is 21.3 Å². The first kappa shape index (κ1) is 42.3. The van der Waals surface area contributed by atoms with Crippen LogP contribution in [0.4, 0.5) is 11.4 Å². The van der Waals surface area contributed by atoms with Gasteiger partial charge in [-0.05, 0) is 189 Å². The number of rotatable bonds is 6. The third-order valence-corrected chi connectivity index (χ3v) is 17.4. The normalized spacial score (nSPS) is 15.5. The van der Waals surface area contributed by atoms with Crippen LogP contribution >= 0.6 is 23.1 Å². The Labute approximate surface area is 422 Å². The maximum absolute atomic E-state index is 6.31. The molecule has 4 heterocycles. The van der Waals surface area contributed by atoms with Gasteiger partial charge < -0.3 is 13.9 Å². The lowest BCUT2D eigenvalue weighted by atomic mass is 9.83. The molecule has 0 amide bonds. The van der Waals surface area contributed by atoms with E-state index >= 15 is 0 Å². The van der Waals surface area contributed by atoms with Crippen molar-refractivity contribution in [1.29, 1.82) is 0 Å². The van der Waals surface area contributed by atoms with Crippen LogP contribution in [0.1, 0.15) is 50.4 Å². The Morgan fingerprint density at radius 3 is 1.93 bits per heavy atom. The van der Waals surface area contributed by atoms with Gasteiger partial charge in [-0.25, -0.2) is 0 Å². The fourth-order valence-electron chi connectivity index (χ4n) is 12.5. The summed E-state index contributed by atoms with van der Waals surface area (Å²) in [5.74, 6) is 0.160. The van der Waals surface area contributed by atoms with Gasteiger partial charge in [0.05, 0.1) is 17.1 Å². The van der Waals surface area contributed by atoms with Crippen molar-refractivity contribution >= 4 is 104 Å². The Balaban J connectivity index is 0.908. The number of anilines is 2. The summed E-state index contributed by atoms with van der Waals surface area (Å²) in [6.45, 7) is 13.4. The Morgan fingerprint density at radius 1 is 0.493 bits per heavy atom. The molecule has 71 heavy (non-hydrogen) atoms. The molecule has 2 aliphatic rings. The number of aromatic nitrogens is 1. The van der Waals surface area contributed by atoms with E-state index in [9.17, 15) is 0 Å². The van der Waals surface area contributed by atoms with E-state index in [0.717, 1.165) is 21.9 Å². The van der Waals surface area contributed by atoms with Crippen molar-refractivity contribution in [3.63, 3.8) is 0 Å². The van der Waals surface area contributed by atoms with Gasteiger partial charge in [0, 0.05) is 74.5 Å². The number of furan rings is 1. The Hall–Kier alpha value is -7.57. The fraction of sp³-hybridized carbons (Fsp3) is 0.121. The average Bonchev–Trinajstić information content (AvgIpc) is 4.10. The molecule has 3 nitrogen and oxygen atoms in total. The van der Waals surface area contributed by atoms with Crippen LogP contribution in [-0.4, -0.2) is 10.6 Å². The lowest BCUT2D eigenvalue weighted by Crippen LogP contribution is -2.29. The number of allylic oxidation sites excluding steroid dienone is 2. The van der Waals surface area contributed by atoms with Gasteiger partial charge in [-0.15, -0.1) is 11.3 Å². The second-order valence-electron chi connectivity index (χ2n) is 20.0. The van der Waals surface area contributed by atoms with Gasteiger partial charge >= 0.3 is 0 Å². The van der Waals surface area contributed by atoms with Gasteiger partial charge in [0.2, 0.25) is 0 Å². The monoisotopic (exact) mass is 950 g/mol. The number of benzene rings is 9. The summed E-state index contributed by atoms with van der Waals surface area (Å²) in [4.78, 5) is 5.01. The van der Waals surface area contributed by atoms with Crippen molar-refractivity contribution in [3.8, 4) is 16.8 Å². The third-order valence-electron chi connectivity index (χ3n) is 15.3. The number of fused-ring (bicyclic) bond motifs is 12. The van der Waals surface area contributed by atoms with Crippen LogP contribution in [0, 0.1) is 41.5 Å². The van der Waals surface area contributed by atoms with Gasteiger partial charge in [-0.2, -0.15) is 0 Å². The van der Waals surface area contributed by atoms with Crippen molar-refractivity contribution in [2.24, 2.45) is 0 Å². The summed E-state index contributed by atoms with van der Waals surface area (Å²) in [5, 5.41) is 7.43. The van der Waals surface area contributed by atoms with Crippen LogP contribution in [0.5, 0.6) is 0 Å². The molecule has 2 unspecified atom stereocenters. The smallest absolute Gasteiger partial charge is 0.135 e. The Bertz CT molecular complexity index is 4260. The minimum absolute atomic E-state index is 0.124. The van der Waals surface area contributed by atoms with Crippen LogP contribution in [0.15, 0.2) is 196 Å². The SMILES string of the molecule is Cc1cc(C)c(C2=CC3c4cc(Sc5ccc6c(c5)c5cc(-c7c(C)cc(C)cc7C)ccc5n6-c5ccc6sc7ccccc7c6c5)ccc4N(c4ccc5oc6ccccc6c5c4)C3C=C2)c(C)c1. The molecule has 12 aromatic rings. The highest BCUT2D eigenvalue weighted by molar-refractivity contribution is 7.99. The molecule has 3 aromatic heterocycles. The average molecular weight is 951 g/mol. The number of hydrogen-bond donors (Lipinski definition) is 0. The van der Waals surface area contributed by atoms with Crippen LogP contribution in [-0.2, 0) is 0 Å². The van der Waals surface area contributed by atoms with Crippen molar-refractivity contribution in [1.82, 2.24) is 4.57 Å². The molecule has 342 valence electrons. The molecule has 14 rings (SSSR count). The fourth-order valence-corrected chi connectivity index (χ4v) is 14.5. The predicted molar refractivity (Wildman–Crippen MR) is 304 cm³/mol. The standard InChI is InChI=1S/C66H50N2OS2/c1-37-27-39(3)65(40(4)28-37)43-15-21-57-51(31-43)53-35-47(19-23-59(53)67(57)45-17-25-62-55(33-45)49-11-7-9-13-61(49)69-62)70-48-20-24-60-54(36-48)52-32-44(66-41(5)29-38(2)30-42(66)6)16-22-58(52)68(60)46-18-26-64-56(34-46)50-12-8-10-14-63(50)71-64/h7-36,51,57H,1-6H3. The molecule has 5 heteroatoms. The van der Waals surface area contributed by atoms with Gasteiger partial charge in [0.15, 0.2) is 0 Å². The number of thiophene rings is 1. The zero-order valence-electron chi connectivity index (χ0n) is 40.6. The van der Waals surface area contributed by atoms with E-state index in [2.05, 4.69) is 227 Å². The summed E-state index contributed by atoms with van der Waals surface area (Å²) in [7, 11) is 0. The molecule has 2 atom stereocenters. The van der Waals surface area contributed by atoms with Crippen LogP contribution < -0.4 is 4.90 Å². The van der Waals surface area contributed by atoms with Crippen LogP contribution in [0.3, 0.4) is 0 Å². The van der Waals surface area contributed by atoms with E-state index < -0.39 is 0 Å². The first-order chi connectivity index (χ1) is 34.6. The van der Waals surface area contributed by atoms with E-state index in [1.54, 1.807) is 0 Å². The van der Waals surface area contributed by atoms with Gasteiger partial charge in [0.1, 0.15) is 11.2 Å². The number of para-hydroxylation sites is 1. The van der Waals surface area contributed by atoms with Crippen LogP contribution in [0.25, 0.3) is 86.3 Å². The molecule has 9 aromatic carbocycles. The lowest BCUT2D eigenvalue weighted by Gasteiger charge is -2.30. The van der Waals surface area contributed by atoms with E-state index in [0.29, 0.717) is 0 Å². The molecule has 0 spiro atoms. The highest BCUT2D eigenvalue weighted by Crippen LogP contribution is 2.52. The van der Waals surface area contributed by atoms with Gasteiger partial charge in [0.25, 0.3) is 0 Å². The molecule has 0 N–H and O–H groups in total. The predicted octanol–water partition coefficient (Wildman–Crippen LogP) is 19.0. The highest BCUT2D eigenvalue weighted by Gasteiger charge is 2.39. The minimum atomic E-state index is 0.124. The molecule has 0 saturated heterocycles. The van der Waals surface area contributed by atoms with E-state index in [1.165, 1.54) is 130 Å². The largest absolute Gasteiger partial charge is 0.456 e. The van der Waals surface area contributed by atoms with Crippen molar-refractivity contribution in [3.05, 3.63) is 227 Å². The van der Waals surface area contributed by atoms with E-state index in [1.807, 2.05) is 29.2 Å². The molecule has 0 radical (unpaired) electrons. The summed E-state index contributed by atoms with van der Waals surface area (Å²) in [6.07, 6.45) is 7.35. The summed E-state index contributed by atoms with van der Waals surface area (Å²) in [5.41, 5.74) is 22.3. The van der Waals surface area contributed by atoms with Crippen molar-refractivity contribution in [2.75, 3.05) is 4.90 Å². The first-order valence-corrected chi connectivity index (χ1v) is 26.3. The van der Waals surface area contributed by atoms with Gasteiger partial charge in [-0.3, -0.25) is 0 Å². The zero-order valence-corrected chi connectivity index (χ0v) is 42.2. The van der Waals surface area contributed by atoms with Gasteiger partial charge in [-0.1, -0.05) is 108 Å². The number of hydrogen-bond acceptors (Lipinski definition) is 4. The lowest BCUT2D eigenvalue weighted by molar-refractivity contribution is 0.669. The van der Waals surface area contributed by atoms with Crippen LogP contribution in [0.2, 0.25) is 0 Å². The quantitative estimate of drug-likeness (QED) is 0.166. The van der Waals surface area contributed by atoms with E-state index in [4.69, 9.17) is 4.42 Å². The van der Waals surface area contributed by atoms with Crippen molar-refractivity contribution < 1.29 is 4.42 Å². The maximum atomic E-state index is 6.31. The third kappa shape index (κ3) is 6.70. The van der Waals surface area contributed by atoms with E-state index in [-0.39, 0.29) is 12.0 Å².